The second-order valence-corrected chi connectivity index (χ2v) is 5.48. The number of hydrogen-bond donors (Lipinski definition) is 1. The summed E-state index contributed by atoms with van der Waals surface area (Å²) >= 11 is 0. The van der Waals surface area contributed by atoms with Crippen LogP contribution in [0.25, 0.3) is 0 Å². The fraction of sp³-hybridized carbons (Fsp3) is 0.917. The lowest BCUT2D eigenvalue weighted by atomic mass is 9.73. The lowest BCUT2D eigenvalue weighted by Gasteiger charge is -2.29. The number of carbonyl (C=O) groups is 1. The zero-order valence-corrected chi connectivity index (χ0v) is 9.89. The molecular weight excluding hydrogens is 174 g/mol. The fourth-order valence-electron chi connectivity index (χ4n) is 2.75. The molecule has 0 radical (unpaired) electrons. The van der Waals surface area contributed by atoms with Crippen molar-refractivity contribution >= 4 is 5.91 Å². The van der Waals surface area contributed by atoms with Crippen molar-refractivity contribution in [2.75, 3.05) is 6.54 Å². The van der Waals surface area contributed by atoms with Gasteiger partial charge in [-0.1, -0.05) is 27.7 Å². The molecule has 1 rings (SSSR count). The summed E-state index contributed by atoms with van der Waals surface area (Å²) in [5, 5.41) is 2.98. The van der Waals surface area contributed by atoms with Crippen LogP contribution >= 0.6 is 0 Å². The zero-order chi connectivity index (χ0) is 10.8. The summed E-state index contributed by atoms with van der Waals surface area (Å²) in [4.78, 5) is 11.9. The van der Waals surface area contributed by atoms with E-state index in [1.54, 1.807) is 0 Å². The SMILES string of the molecule is CC(C)CC1(CC(C)C)CCNC1=O. The monoisotopic (exact) mass is 197 g/mol. The van der Waals surface area contributed by atoms with Crippen molar-refractivity contribution in [3.05, 3.63) is 0 Å². The molecule has 1 aliphatic rings. The number of rotatable bonds is 4. The molecular formula is C12H23NO. The minimum atomic E-state index is -0.0532. The summed E-state index contributed by atoms with van der Waals surface area (Å²) in [5.74, 6) is 1.51. The van der Waals surface area contributed by atoms with Crippen LogP contribution in [-0.4, -0.2) is 12.5 Å². The number of amides is 1. The highest BCUT2D eigenvalue weighted by Crippen LogP contribution is 2.39. The van der Waals surface area contributed by atoms with Crippen molar-refractivity contribution in [2.45, 2.75) is 47.0 Å². The molecule has 0 spiro atoms. The third-order valence-electron chi connectivity index (χ3n) is 2.97. The third-order valence-corrected chi connectivity index (χ3v) is 2.97. The van der Waals surface area contributed by atoms with Gasteiger partial charge in [-0.15, -0.1) is 0 Å². The first-order chi connectivity index (χ1) is 6.46. The van der Waals surface area contributed by atoms with Crippen LogP contribution < -0.4 is 5.32 Å². The van der Waals surface area contributed by atoms with E-state index in [1.165, 1.54) is 0 Å². The molecule has 0 aromatic rings. The highest BCUT2D eigenvalue weighted by atomic mass is 16.2. The van der Waals surface area contributed by atoms with Crippen LogP contribution in [0.4, 0.5) is 0 Å². The van der Waals surface area contributed by atoms with E-state index in [-0.39, 0.29) is 5.41 Å². The first-order valence-corrected chi connectivity index (χ1v) is 5.74. The Bertz CT molecular complexity index is 198. The number of nitrogens with one attached hydrogen (secondary N) is 1. The molecule has 0 atom stereocenters. The first-order valence-electron chi connectivity index (χ1n) is 5.74. The summed E-state index contributed by atoms with van der Waals surface area (Å²) < 4.78 is 0. The summed E-state index contributed by atoms with van der Waals surface area (Å²) in [6.45, 7) is 9.68. The van der Waals surface area contributed by atoms with E-state index in [2.05, 4.69) is 33.0 Å². The molecule has 2 nitrogen and oxygen atoms in total. The Morgan fingerprint density at radius 2 is 1.71 bits per heavy atom. The molecule has 0 saturated carbocycles. The molecule has 1 fully saturated rings. The van der Waals surface area contributed by atoms with Gasteiger partial charge in [-0.3, -0.25) is 4.79 Å². The van der Waals surface area contributed by atoms with Crippen molar-refractivity contribution in [3.63, 3.8) is 0 Å². The lowest BCUT2D eigenvalue weighted by Crippen LogP contribution is -2.33. The Kier molecular flexibility index (Phi) is 3.57. The minimum Gasteiger partial charge on any atom is -0.356 e. The predicted molar refractivity (Wildman–Crippen MR) is 59.0 cm³/mol. The smallest absolute Gasteiger partial charge is 0.226 e. The van der Waals surface area contributed by atoms with E-state index < -0.39 is 0 Å². The molecule has 1 N–H and O–H groups in total. The van der Waals surface area contributed by atoms with Crippen LogP contribution in [0.15, 0.2) is 0 Å². The normalized spacial score (nSPS) is 20.6. The average molecular weight is 197 g/mol. The van der Waals surface area contributed by atoms with Gasteiger partial charge in [-0.05, 0) is 31.1 Å². The Hall–Kier alpha value is -0.530. The van der Waals surface area contributed by atoms with E-state index in [0.29, 0.717) is 17.7 Å². The Balaban J connectivity index is 2.73. The lowest BCUT2D eigenvalue weighted by molar-refractivity contribution is -0.129. The molecule has 0 aromatic carbocycles. The van der Waals surface area contributed by atoms with E-state index in [9.17, 15) is 4.79 Å². The fourth-order valence-corrected chi connectivity index (χ4v) is 2.75. The molecule has 82 valence electrons. The molecule has 2 heteroatoms. The van der Waals surface area contributed by atoms with Crippen molar-refractivity contribution < 1.29 is 4.79 Å². The van der Waals surface area contributed by atoms with Gasteiger partial charge in [0.05, 0.1) is 5.41 Å². The van der Waals surface area contributed by atoms with Gasteiger partial charge in [0.15, 0.2) is 0 Å². The van der Waals surface area contributed by atoms with Crippen LogP contribution in [0.3, 0.4) is 0 Å². The van der Waals surface area contributed by atoms with Crippen molar-refractivity contribution in [2.24, 2.45) is 17.3 Å². The van der Waals surface area contributed by atoms with Crippen LogP contribution in [0.2, 0.25) is 0 Å². The van der Waals surface area contributed by atoms with Crippen LogP contribution in [0, 0.1) is 17.3 Å². The van der Waals surface area contributed by atoms with Crippen molar-refractivity contribution in [1.29, 1.82) is 0 Å². The van der Waals surface area contributed by atoms with Crippen LogP contribution in [0.5, 0.6) is 0 Å². The first kappa shape index (κ1) is 11.5. The van der Waals surface area contributed by atoms with E-state index in [0.717, 1.165) is 25.8 Å². The topological polar surface area (TPSA) is 29.1 Å². The van der Waals surface area contributed by atoms with Crippen LogP contribution in [-0.2, 0) is 4.79 Å². The predicted octanol–water partition coefficient (Wildman–Crippen LogP) is 2.58. The summed E-state index contributed by atoms with van der Waals surface area (Å²) in [6.07, 6.45) is 3.11. The largest absolute Gasteiger partial charge is 0.356 e. The second-order valence-electron chi connectivity index (χ2n) is 5.48. The minimum absolute atomic E-state index is 0.0532. The average Bonchev–Trinajstić information content (AvgIpc) is 2.29. The van der Waals surface area contributed by atoms with Crippen LogP contribution in [0.1, 0.15) is 47.0 Å². The molecule has 0 aliphatic carbocycles. The summed E-state index contributed by atoms with van der Waals surface area (Å²) in [7, 11) is 0. The summed E-state index contributed by atoms with van der Waals surface area (Å²) in [6, 6.07) is 0. The summed E-state index contributed by atoms with van der Waals surface area (Å²) in [5.41, 5.74) is -0.0532. The molecule has 1 amide bonds. The van der Waals surface area contributed by atoms with E-state index in [4.69, 9.17) is 0 Å². The Morgan fingerprint density at radius 3 is 2.00 bits per heavy atom. The third kappa shape index (κ3) is 2.49. The van der Waals surface area contributed by atoms with Crippen molar-refractivity contribution in [1.82, 2.24) is 5.32 Å². The molecule has 1 heterocycles. The quantitative estimate of drug-likeness (QED) is 0.737. The standard InChI is InChI=1S/C12H23NO/c1-9(2)7-12(8-10(3)4)5-6-13-11(12)14/h9-10H,5-8H2,1-4H3,(H,13,14). The van der Waals surface area contributed by atoms with Gasteiger partial charge >= 0.3 is 0 Å². The molecule has 0 bridgehead atoms. The molecule has 0 aromatic heterocycles. The molecule has 14 heavy (non-hydrogen) atoms. The highest BCUT2D eigenvalue weighted by molar-refractivity contribution is 5.84. The molecule has 1 saturated heterocycles. The Morgan fingerprint density at radius 1 is 1.21 bits per heavy atom. The number of carbonyl (C=O) groups excluding carboxylic acids is 1. The van der Waals surface area contributed by atoms with Gasteiger partial charge in [0.25, 0.3) is 0 Å². The van der Waals surface area contributed by atoms with Gasteiger partial charge in [-0.2, -0.15) is 0 Å². The maximum absolute atomic E-state index is 11.9. The van der Waals surface area contributed by atoms with E-state index in [1.807, 2.05) is 0 Å². The maximum Gasteiger partial charge on any atom is 0.226 e. The molecule has 1 aliphatic heterocycles. The van der Waals surface area contributed by atoms with Gasteiger partial charge in [0.1, 0.15) is 0 Å². The molecule has 0 unspecified atom stereocenters. The Labute approximate surface area is 87.5 Å². The van der Waals surface area contributed by atoms with Gasteiger partial charge in [0, 0.05) is 6.54 Å². The second kappa shape index (κ2) is 4.33. The zero-order valence-electron chi connectivity index (χ0n) is 9.89. The van der Waals surface area contributed by atoms with Gasteiger partial charge in [-0.25, -0.2) is 0 Å². The van der Waals surface area contributed by atoms with Gasteiger partial charge < -0.3 is 5.32 Å². The number of hydrogen-bond acceptors (Lipinski definition) is 1. The highest BCUT2D eigenvalue weighted by Gasteiger charge is 2.42. The van der Waals surface area contributed by atoms with Gasteiger partial charge in [0.2, 0.25) is 5.91 Å². The van der Waals surface area contributed by atoms with E-state index >= 15 is 0 Å². The maximum atomic E-state index is 11.9. The van der Waals surface area contributed by atoms with Crippen molar-refractivity contribution in [3.8, 4) is 0 Å².